The first-order valence-electron chi connectivity index (χ1n) is 10.2. The number of hydrogen-bond acceptors (Lipinski definition) is 2. The zero-order chi connectivity index (χ0) is 18.5. The van der Waals surface area contributed by atoms with Crippen molar-refractivity contribution in [1.82, 2.24) is 9.88 Å². The molecule has 1 aromatic heterocycles. The predicted molar refractivity (Wildman–Crippen MR) is 113 cm³/mol. The number of aromatic nitrogens is 1. The second-order valence-electron chi connectivity index (χ2n) is 7.73. The molecule has 0 spiro atoms. The zero-order valence-electron chi connectivity index (χ0n) is 16.3. The van der Waals surface area contributed by atoms with E-state index in [1.165, 1.54) is 67.3 Å². The van der Waals surface area contributed by atoms with E-state index in [1.54, 1.807) is 7.11 Å². The summed E-state index contributed by atoms with van der Waals surface area (Å²) in [5.41, 5.74) is 4.12. The minimum absolute atomic E-state index is 0.709. The lowest BCUT2D eigenvalue weighted by Crippen LogP contribution is -2.35. The van der Waals surface area contributed by atoms with Gasteiger partial charge in [0.2, 0.25) is 0 Å². The van der Waals surface area contributed by atoms with Gasteiger partial charge in [0.15, 0.2) is 0 Å². The lowest BCUT2D eigenvalue weighted by atomic mass is 9.90. The molecule has 142 valence electrons. The smallest absolute Gasteiger partial charge is 0.119 e. The number of nitrogens with one attached hydrogen (secondary N) is 1. The van der Waals surface area contributed by atoms with Crippen LogP contribution in [0.2, 0.25) is 0 Å². The summed E-state index contributed by atoms with van der Waals surface area (Å²) < 4.78 is 5.38. The number of unbranched alkanes of at least 4 members (excludes halogenated alkanes) is 1. The number of nitrogens with zero attached hydrogens (tertiary/aromatic N) is 1. The summed E-state index contributed by atoms with van der Waals surface area (Å²) in [7, 11) is 1.73. The molecule has 1 fully saturated rings. The maximum atomic E-state index is 5.38. The van der Waals surface area contributed by atoms with E-state index in [-0.39, 0.29) is 0 Å². The van der Waals surface area contributed by atoms with Gasteiger partial charge in [0.05, 0.1) is 7.11 Å². The van der Waals surface area contributed by atoms with Crippen LogP contribution < -0.4 is 4.74 Å². The molecule has 1 unspecified atom stereocenters. The molecule has 0 radical (unpaired) electrons. The van der Waals surface area contributed by atoms with Crippen molar-refractivity contribution in [2.24, 2.45) is 0 Å². The third-order valence-corrected chi connectivity index (χ3v) is 5.92. The first-order chi connectivity index (χ1) is 13.3. The molecule has 0 amide bonds. The Kier molecular flexibility index (Phi) is 5.78. The fourth-order valence-electron chi connectivity index (χ4n) is 4.40. The molecule has 27 heavy (non-hydrogen) atoms. The van der Waals surface area contributed by atoms with Crippen LogP contribution in [0.15, 0.2) is 54.7 Å². The third kappa shape index (κ3) is 4.36. The highest BCUT2D eigenvalue weighted by atomic mass is 16.5. The highest BCUT2D eigenvalue weighted by Gasteiger charge is 2.20. The van der Waals surface area contributed by atoms with Crippen molar-refractivity contribution in [3.05, 3.63) is 65.9 Å². The van der Waals surface area contributed by atoms with Crippen LogP contribution in [-0.2, 0) is 6.42 Å². The monoisotopic (exact) mass is 362 g/mol. The van der Waals surface area contributed by atoms with Crippen molar-refractivity contribution in [3.8, 4) is 5.75 Å². The van der Waals surface area contributed by atoms with E-state index in [1.807, 2.05) is 6.07 Å². The average Bonchev–Trinajstić information content (AvgIpc) is 3.14. The van der Waals surface area contributed by atoms with Gasteiger partial charge in [-0.2, -0.15) is 0 Å². The molecule has 0 saturated carbocycles. The number of likely N-dealkylation sites (tertiary alicyclic amines) is 1. The Morgan fingerprint density at radius 1 is 1.11 bits per heavy atom. The minimum Gasteiger partial charge on any atom is -0.497 e. The Morgan fingerprint density at radius 3 is 2.85 bits per heavy atom. The summed E-state index contributed by atoms with van der Waals surface area (Å²) >= 11 is 0. The normalized spacial score (nSPS) is 18.0. The number of hydrogen-bond donors (Lipinski definition) is 1. The molecule has 3 heteroatoms. The molecule has 2 heterocycles. The Hall–Kier alpha value is -2.26. The quantitative estimate of drug-likeness (QED) is 0.572. The molecule has 2 aromatic carbocycles. The number of benzene rings is 2. The van der Waals surface area contributed by atoms with Gasteiger partial charge in [-0.3, -0.25) is 0 Å². The summed E-state index contributed by atoms with van der Waals surface area (Å²) in [6, 6.07) is 17.3. The van der Waals surface area contributed by atoms with E-state index < -0.39 is 0 Å². The molecular formula is C24H30N2O. The molecule has 4 rings (SSSR count). The Labute approximate surface area is 162 Å². The summed E-state index contributed by atoms with van der Waals surface area (Å²) in [5.74, 6) is 1.64. The SMILES string of the molecule is COc1ccc2[nH]cc(CCCCN3CCCC(c4ccccc4)C3)c2c1. The van der Waals surface area contributed by atoms with Crippen molar-refractivity contribution in [1.29, 1.82) is 0 Å². The van der Waals surface area contributed by atoms with E-state index >= 15 is 0 Å². The van der Waals surface area contributed by atoms with E-state index in [2.05, 4.69) is 58.5 Å². The largest absolute Gasteiger partial charge is 0.497 e. The standard InChI is InChI=1S/C24H30N2O/c1-27-22-12-13-24-23(16-22)20(17-25-24)10-5-6-14-26-15-7-11-21(18-26)19-8-3-2-4-9-19/h2-4,8-9,12-13,16-17,21,25H,5-7,10-11,14-15,18H2,1H3. The highest BCUT2D eigenvalue weighted by molar-refractivity contribution is 5.84. The summed E-state index contributed by atoms with van der Waals surface area (Å²) in [5, 5.41) is 1.30. The van der Waals surface area contributed by atoms with Crippen molar-refractivity contribution >= 4 is 10.9 Å². The maximum absolute atomic E-state index is 5.38. The van der Waals surface area contributed by atoms with Gasteiger partial charge >= 0.3 is 0 Å². The van der Waals surface area contributed by atoms with Crippen LogP contribution in [0.5, 0.6) is 5.75 Å². The number of aromatic amines is 1. The first kappa shape index (κ1) is 18.1. The zero-order valence-corrected chi connectivity index (χ0v) is 16.3. The molecule has 1 aliphatic heterocycles. The molecule has 3 aromatic rings. The van der Waals surface area contributed by atoms with E-state index in [0.717, 1.165) is 12.2 Å². The van der Waals surface area contributed by atoms with Crippen LogP contribution in [0.25, 0.3) is 10.9 Å². The van der Waals surface area contributed by atoms with Crippen LogP contribution in [-0.4, -0.2) is 36.6 Å². The number of ether oxygens (including phenoxy) is 1. The number of piperidine rings is 1. The number of fused-ring (bicyclic) bond motifs is 1. The maximum Gasteiger partial charge on any atom is 0.119 e. The number of methoxy groups -OCH3 is 1. The van der Waals surface area contributed by atoms with Crippen molar-refractivity contribution in [2.75, 3.05) is 26.7 Å². The molecule has 0 aliphatic carbocycles. The van der Waals surface area contributed by atoms with Crippen molar-refractivity contribution < 1.29 is 4.74 Å². The van der Waals surface area contributed by atoms with Gasteiger partial charge in [-0.05, 0) is 80.4 Å². The first-order valence-corrected chi connectivity index (χ1v) is 10.2. The van der Waals surface area contributed by atoms with Crippen LogP contribution >= 0.6 is 0 Å². The van der Waals surface area contributed by atoms with Gasteiger partial charge < -0.3 is 14.6 Å². The molecular weight excluding hydrogens is 332 g/mol. The number of rotatable bonds is 7. The topological polar surface area (TPSA) is 28.3 Å². The highest BCUT2D eigenvalue weighted by Crippen LogP contribution is 2.27. The van der Waals surface area contributed by atoms with Crippen LogP contribution in [0, 0.1) is 0 Å². The van der Waals surface area contributed by atoms with Crippen molar-refractivity contribution in [2.45, 2.75) is 38.0 Å². The second-order valence-corrected chi connectivity index (χ2v) is 7.73. The summed E-state index contributed by atoms with van der Waals surface area (Å²) in [4.78, 5) is 6.05. The van der Waals surface area contributed by atoms with Gasteiger partial charge in [-0.25, -0.2) is 0 Å². The van der Waals surface area contributed by atoms with Crippen molar-refractivity contribution in [3.63, 3.8) is 0 Å². The third-order valence-electron chi connectivity index (χ3n) is 5.92. The predicted octanol–water partition coefficient (Wildman–Crippen LogP) is 5.38. The molecule has 3 nitrogen and oxygen atoms in total. The van der Waals surface area contributed by atoms with E-state index in [0.29, 0.717) is 5.92 Å². The second kappa shape index (κ2) is 8.62. The Balaban J connectivity index is 1.28. The van der Waals surface area contributed by atoms with Crippen LogP contribution in [0.1, 0.15) is 42.7 Å². The molecule has 1 N–H and O–H groups in total. The number of aryl methyl sites for hydroxylation is 1. The van der Waals surface area contributed by atoms with Gasteiger partial charge in [0, 0.05) is 23.6 Å². The summed E-state index contributed by atoms with van der Waals surface area (Å²) in [6.45, 7) is 3.69. The number of H-pyrrole nitrogens is 1. The fourth-order valence-corrected chi connectivity index (χ4v) is 4.40. The van der Waals surface area contributed by atoms with Crippen LogP contribution in [0.4, 0.5) is 0 Å². The molecule has 1 atom stereocenters. The average molecular weight is 363 g/mol. The molecule has 1 aliphatic rings. The van der Waals surface area contributed by atoms with Gasteiger partial charge in [-0.1, -0.05) is 30.3 Å². The lowest BCUT2D eigenvalue weighted by molar-refractivity contribution is 0.204. The van der Waals surface area contributed by atoms with Gasteiger partial charge in [-0.15, -0.1) is 0 Å². The minimum atomic E-state index is 0.709. The Morgan fingerprint density at radius 2 is 2.00 bits per heavy atom. The van der Waals surface area contributed by atoms with E-state index in [9.17, 15) is 0 Å². The summed E-state index contributed by atoms with van der Waals surface area (Å²) in [6.07, 6.45) is 8.44. The lowest BCUT2D eigenvalue weighted by Gasteiger charge is -2.33. The molecule has 0 bridgehead atoms. The van der Waals surface area contributed by atoms with E-state index in [4.69, 9.17) is 4.74 Å². The Bertz CT molecular complexity index is 855. The van der Waals surface area contributed by atoms with Crippen LogP contribution in [0.3, 0.4) is 0 Å². The fraction of sp³-hybridized carbons (Fsp3) is 0.417. The van der Waals surface area contributed by atoms with Gasteiger partial charge in [0.25, 0.3) is 0 Å². The van der Waals surface area contributed by atoms with Gasteiger partial charge in [0.1, 0.15) is 5.75 Å². The molecule has 1 saturated heterocycles.